The molecule has 0 spiro atoms. The van der Waals surface area contributed by atoms with Crippen LogP contribution in [0.1, 0.15) is 5.56 Å². The van der Waals surface area contributed by atoms with Crippen LogP contribution in [0.3, 0.4) is 0 Å². The van der Waals surface area contributed by atoms with Gasteiger partial charge in [-0.15, -0.1) is 0 Å². The van der Waals surface area contributed by atoms with Crippen LogP contribution < -0.4 is 9.21 Å². The van der Waals surface area contributed by atoms with E-state index in [0.717, 1.165) is 4.90 Å². The highest BCUT2D eigenvalue weighted by molar-refractivity contribution is 7.94. The Bertz CT molecular complexity index is 1010. The number of anilines is 2. The Kier molecular flexibility index (Phi) is 4.64. The van der Waals surface area contributed by atoms with Crippen molar-refractivity contribution in [1.29, 1.82) is 0 Å². The second-order valence-electron chi connectivity index (χ2n) is 5.61. The van der Waals surface area contributed by atoms with Crippen LogP contribution in [0.2, 0.25) is 5.02 Å². The molecule has 0 atom stereocenters. The molecule has 1 aliphatic heterocycles. The lowest BCUT2D eigenvalue weighted by molar-refractivity contribution is -0.138. The molecule has 0 fully saturated rings. The minimum Gasteiger partial charge on any atom is -0.468 e. The van der Waals surface area contributed by atoms with Gasteiger partial charge >= 0.3 is 12.0 Å². The first-order valence-corrected chi connectivity index (χ1v) is 9.38. The number of ether oxygens (including phenoxy) is 1. The van der Waals surface area contributed by atoms with Gasteiger partial charge in [0.05, 0.1) is 18.5 Å². The second kappa shape index (κ2) is 6.62. The van der Waals surface area contributed by atoms with E-state index in [1.165, 1.54) is 25.3 Å². The number of benzene rings is 2. The molecule has 0 aromatic heterocycles. The van der Waals surface area contributed by atoms with Gasteiger partial charge in [-0.25, -0.2) is 13.2 Å². The number of esters is 1. The van der Waals surface area contributed by atoms with Crippen LogP contribution in [0.25, 0.3) is 0 Å². The van der Waals surface area contributed by atoms with Crippen molar-refractivity contribution in [2.24, 2.45) is 0 Å². The number of hydrogen-bond acceptors (Lipinski definition) is 5. The zero-order valence-electron chi connectivity index (χ0n) is 14.0. The fraction of sp³-hybridized carbons (Fsp3) is 0.176. The van der Waals surface area contributed by atoms with Gasteiger partial charge < -0.3 is 4.74 Å². The lowest BCUT2D eigenvalue weighted by Crippen LogP contribution is -2.52. The number of halogens is 1. The van der Waals surface area contributed by atoms with Crippen molar-refractivity contribution >= 4 is 45.0 Å². The van der Waals surface area contributed by atoms with Gasteiger partial charge in [0.1, 0.15) is 11.4 Å². The van der Waals surface area contributed by atoms with Gasteiger partial charge in [0.25, 0.3) is 10.0 Å². The number of sulfonamides is 1. The smallest absolute Gasteiger partial charge is 0.343 e. The first-order chi connectivity index (χ1) is 12.3. The third kappa shape index (κ3) is 2.91. The fourth-order valence-corrected chi connectivity index (χ4v) is 4.51. The Morgan fingerprint density at radius 2 is 1.85 bits per heavy atom. The normalized spacial score (nSPS) is 15.6. The van der Waals surface area contributed by atoms with Crippen molar-refractivity contribution in [2.45, 2.75) is 11.8 Å². The Hall–Kier alpha value is -2.58. The molecule has 1 aliphatic rings. The van der Waals surface area contributed by atoms with Crippen LogP contribution in [0.5, 0.6) is 0 Å². The molecule has 2 amide bonds. The van der Waals surface area contributed by atoms with Crippen LogP contribution in [0.4, 0.5) is 16.2 Å². The summed E-state index contributed by atoms with van der Waals surface area (Å²) in [6, 6.07) is 9.73. The van der Waals surface area contributed by atoms with E-state index in [1.807, 2.05) is 0 Å². The number of fused-ring (bicyclic) bond motifs is 1. The van der Waals surface area contributed by atoms with Crippen LogP contribution in [-0.4, -0.2) is 34.1 Å². The minimum atomic E-state index is -4.17. The summed E-state index contributed by atoms with van der Waals surface area (Å²) in [7, 11) is -2.98. The number of amides is 2. The van der Waals surface area contributed by atoms with Crippen molar-refractivity contribution in [1.82, 2.24) is 0 Å². The second-order valence-corrected chi connectivity index (χ2v) is 7.80. The number of aryl methyl sites for hydroxylation is 1. The van der Waals surface area contributed by atoms with Gasteiger partial charge in [-0.05, 0) is 36.8 Å². The van der Waals surface area contributed by atoms with Crippen LogP contribution in [0, 0.1) is 6.92 Å². The summed E-state index contributed by atoms with van der Waals surface area (Å²) in [5.74, 6) is -0.671. The van der Waals surface area contributed by atoms with Crippen molar-refractivity contribution in [3.8, 4) is 0 Å². The van der Waals surface area contributed by atoms with Gasteiger partial charge in [0, 0.05) is 5.02 Å². The van der Waals surface area contributed by atoms with E-state index in [0.29, 0.717) is 9.87 Å². The first-order valence-electron chi connectivity index (χ1n) is 7.56. The van der Waals surface area contributed by atoms with Crippen LogP contribution in [-0.2, 0) is 19.6 Å². The summed E-state index contributed by atoms with van der Waals surface area (Å²) in [6.45, 7) is 1.25. The van der Waals surface area contributed by atoms with E-state index >= 15 is 0 Å². The van der Waals surface area contributed by atoms with E-state index in [1.54, 1.807) is 31.2 Å². The molecule has 0 aliphatic carbocycles. The van der Waals surface area contributed by atoms with Gasteiger partial charge in [-0.3, -0.25) is 9.69 Å². The number of para-hydroxylation sites is 1. The molecular formula is C17H15ClN2O5S. The highest BCUT2D eigenvalue weighted by Gasteiger charge is 2.43. The van der Waals surface area contributed by atoms with E-state index in [4.69, 9.17) is 11.6 Å². The summed E-state index contributed by atoms with van der Waals surface area (Å²) in [5.41, 5.74) is 0.800. The van der Waals surface area contributed by atoms with Crippen LogP contribution in [0.15, 0.2) is 47.4 Å². The van der Waals surface area contributed by atoms with Crippen molar-refractivity contribution in [3.05, 3.63) is 53.1 Å². The molecule has 7 nitrogen and oxygen atoms in total. The van der Waals surface area contributed by atoms with Crippen molar-refractivity contribution in [3.63, 3.8) is 0 Å². The molecule has 2 aromatic rings. The molecule has 3 rings (SSSR count). The van der Waals surface area contributed by atoms with E-state index in [2.05, 4.69) is 4.74 Å². The fourth-order valence-electron chi connectivity index (χ4n) is 2.69. The average Bonchev–Trinajstić information content (AvgIpc) is 2.61. The molecule has 0 saturated heterocycles. The quantitative estimate of drug-likeness (QED) is 0.747. The van der Waals surface area contributed by atoms with Crippen molar-refractivity contribution < 1.29 is 22.7 Å². The largest absolute Gasteiger partial charge is 0.468 e. The first kappa shape index (κ1) is 18.2. The van der Waals surface area contributed by atoms with Crippen molar-refractivity contribution in [2.75, 3.05) is 22.9 Å². The maximum atomic E-state index is 13.1. The number of methoxy groups -OCH3 is 1. The number of nitrogens with zero attached hydrogens (tertiary/aromatic N) is 2. The Labute approximate surface area is 155 Å². The molecule has 136 valence electrons. The highest BCUT2D eigenvalue weighted by Crippen LogP contribution is 2.38. The molecule has 26 heavy (non-hydrogen) atoms. The van der Waals surface area contributed by atoms with Gasteiger partial charge in [0.15, 0.2) is 0 Å². The van der Waals surface area contributed by atoms with Gasteiger partial charge in [0.2, 0.25) is 0 Å². The molecule has 0 radical (unpaired) electrons. The number of hydrogen-bond donors (Lipinski definition) is 0. The summed E-state index contributed by atoms with van der Waals surface area (Å²) < 4.78 is 31.5. The molecule has 0 saturated carbocycles. The summed E-state index contributed by atoms with van der Waals surface area (Å²) in [5, 5.41) is 0.284. The number of rotatable bonds is 3. The average molecular weight is 395 g/mol. The minimum absolute atomic E-state index is 0.0807. The Morgan fingerprint density at radius 1 is 1.15 bits per heavy atom. The summed E-state index contributed by atoms with van der Waals surface area (Å²) in [4.78, 5) is 25.8. The number of urea groups is 1. The lowest BCUT2D eigenvalue weighted by atomic mass is 10.2. The monoisotopic (exact) mass is 394 g/mol. The van der Waals surface area contributed by atoms with Crippen LogP contribution >= 0.6 is 11.6 Å². The lowest BCUT2D eigenvalue weighted by Gasteiger charge is -2.36. The van der Waals surface area contributed by atoms with E-state index in [-0.39, 0.29) is 21.3 Å². The molecule has 0 unspecified atom stereocenters. The SMILES string of the molecule is COC(=O)CN1C(=O)N(c2cc(Cl)ccc2C)S(=O)(=O)c2ccccc21. The zero-order valence-corrected chi connectivity index (χ0v) is 15.5. The van der Waals surface area contributed by atoms with Gasteiger partial charge in [-0.2, -0.15) is 4.31 Å². The van der Waals surface area contributed by atoms with E-state index in [9.17, 15) is 18.0 Å². The van der Waals surface area contributed by atoms with E-state index < -0.39 is 28.6 Å². The molecule has 9 heteroatoms. The topological polar surface area (TPSA) is 84.0 Å². The number of carbonyl (C=O) groups excluding carboxylic acids is 2. The van der Waals surface area contributed by atoms with Gasteiger partial charge in [-0.1, -0.05) is 29.8 Å². The maximum Gasteiger partial charge on any atom is 0.343 e. The third-order valence-corrected chi connectivity index (χ3v) is 5.95. The molecule has 1 heterocycles. The standard InChI is InChI=1S/C17H15ClN2O5S/c1-11-7-8-12(18)9-14(11)20-17(22)19(10-16(21)25-2)13-5-3-4-6-15(13)26(20,23)24/h3-9H,10H2,1-2H3. The molecular weight excluding hydrogens is 380 g/mol. The molecule has 0 bridgehead atoms. The zero-order chi connectivity index (χ0) is 19.1. The predicted molar refractivity (Wildman–Crippen MR) is 97.1 cm³/mol. The predicted octanol–water partition coefficient (Wildman–Crippen LogP) is 2.96. The molecule has 2 aromatic carbocycles. The number of carbonyl (C=O) groups is 2. The highest BCUT2D eigenvalue weighted by atomic mass is 35.5. The Morgan fingerprint density at radius 3 is 2.54 bits per heavy atom. The Balaban J connectivity index is 2.25. The third-order valence-electron chi connectivity index (χ3n) is 3.98. The summed E-state index contributed by atoms with van der Waals surface area (Å²) in [6.07, 6.45) is 0. The molecule has 0 N–H and O–H groups in total. The summed E-state index contributed by atoms with van der Waals surface area (Å²) >= 11 is 6.00. The maximum absolute atomic E-state index is 13.1.